The first kappa shape index (κ1) is 8.62. The smallest absolute Gasteiger partial charge is 0.152 e. The molecule has 0 aliphatic heterocycles. The van der Waals surface area contributed by atoms with Gasteiger partial charge in [0.25, 0.3) is 0 Å². The van der Waals surface area contributed by atoms with E-state index >= 15 is 0 Å². The maximum absolute atomic E-state index is 8.32. The molecule has 4 heteroatoms. The van der Waals surface area contributed by atoms with Gasteiger partial charge in [0.2, 0.25) is 0 Å². The van der Waals surface area contributed by atoms with Gasteiger partial charge in [-0.1, -0.05) is 11.6 Å². The van der Waals surface area contributed by atoms with Crippen LogP contribution in [0.25, 0.3) is 11.0 Å². The highest BCUT2D eigenvalue weighted by molar-refractivity contribution is 6.35. The predicted octanol–water partition coefficient (Wildman–Crippen LogP) is 2.09. The van der Waals surface area contributed by atoms with Crippen molar-refractivity contribution in [1.29, 1.82) is 5.26 Å². The zero-order valence-corrected chi connectivity index (χ0v) is 7.76. The van der Waals surface area contributed by atoms with Gasteiger partial charge in [-0.2, -0.15) is 5.26 Å². The molecule has 2 rings (SSSR count). The van der Waals surface area contributed by atoms with E-state index in [0.717, 1.165) is 5.39 Å². The van der Waals surface area contributed by atoms with E-state index in [1.165, 1.54) is 0 Å². The van der Waals surface area contributed by atoms with Gasteiger partial charge in [-0.15, -0.1) is 0 Å². The summed E-state index contributed by atoms with van der Waals surface area (Å²) in [6, 6.07) is 3.44. The number of aromatic amines is 1. The third-order valence-corrected chi connectivity index (χ3v) is 2.09. The summed E-state index contributed by atoms with van der Waals surface area (Å²) < 4.78 is 0. The van der Waals surface area contributed by atoms with Gasteiger partial charge in [-0.25, -0.2) is 4.98 Å². The van der Waals surface area contributed by atoms with Gasteiger partial charge in [-0.3, -0.25) is 0 Å². The molecule has 14 heavy (non-hydrogen) atoms. The standard InChI is InChI=1S/C10H4ClN3/c11-8-3-5-13-10-9(8)7(6-14-10)2-1-4-12/h3,5-6H,(H,13,14). The number of hydrogen-bond acceptors (Lipinski definition) is 2. The van der Waals surface area contributed by atoms with Gasteiger partial charge in [0.1, 0.15) is 5.65 Å². The van der Waals surface area contributed by atoms with Crippen molar-refractivity contribution >= 4 is 22.6 Å². The number of rotatable bonds is 0. The lowest BCUT2D eigenvalue weighted by Crippen LogP contribution is -1.76. The molecule has 66 valence electrons. The largest absolute Gasteiger partial charge is 0.345 e. The summed E-state index contributed by atoms with van der Waals surface area (Å²) >= 11 is 5.97. The van der Waals surface area contributed by atoms with Gasteiger partial charge in [0, 0.05) is 18.3 Å². The number of H-pyrrole nitrogens is 1. The highest BCUT2D eigenvalue weighted by atomic mass is 35.5. The molecule has 0 fully saturated rings. The summed E-state index contributed by atoms with van der Waals surface area (Å²) in [5.74, 6) is 5.01. The molecule has 2 heterocycles. The Morgan fingerprint density at radius 2 is 2.36 bits per heavy atom. The van der Waals surface area contributed by atoms with E-state index in [2.05, 4.69) is 21.8 Å². The molecule has 0 bridgehead atoms. The van der Waals surface area contributed by atoms with Crippen molar-refractivity contribution in [3.05, 3.63) is 29.0 Å². The van der Waals surface area contributed by atoms with Crippen molar-refractivity contribution in [3.8, 4) is 17.9 Å². The van der Waals surface area contributed by atoms with Crippen molar-refractivity contribution in [2.75, 3.05) is 0 Å². The number of pyridine rings is 1. The number of aromatic nitrogens is 2. The Balaban J connectivity index is 2.75. The second-order valence-corrected chi connectivity index (χ2v) is 2.99. The third-order valence-electron chi connectivity index (χ3n) is 1.78. The fraction of sp³-hybridized carbons (Fsp3) is 0. The van der Waals surface area contributed by atoms with Gasteiger partial charge in [-0.05, 0) is 12.0 Å². The molecule has 0 aromatic carbocycles. The van der Waals surface area contributed by atoms with Gasteiger partial charge in [0.15, 0.2) is 6.07 Å². The van der Waals surface area contributed by atoms with Crippen LogP contribution in [0.5, 0.6) is 0 Å². The molecule has 0 atom stereocenters. The fourth-order valence-corrected chi connectivity index (χ4v) is 1.46. The van der Waals surface area contributed by atoms with Gasteiger partial charge >= 0.3 is 0 Å². The minimum absolute atomic E-state index is 0.582. The Kier molecular flexibility index (Phi) is 2.10. The van der Waals surface area contributed by atoms with E-state index < -0.39 is 0 Å². The lowest BCUT2D eigenvalue weighted by atomic mass is 10.2. The van der Waals surface area contributed by atoms with Crippen LogP contribution in [0.4, 0.5) is 0 Å². The van der Waals surface area contributed by atoms with Crippen molar-refractivity contribution < 1.29 is 0 Å². The zero-order valence-electron chi connectivity index (χ0n) is 7.00. The molecule has 0 amide bonds. The molecule has 0 unspecified atom stereocenters. The molecule has 2 aromatic rings. The highest BCUT2D eigenvalue weighted by Crippen LogP contribution is 2.23. The minimum Gasteiger partial charge on any atom is -0.345 e. The van der Waals surface area contributed by atoms with Crippen LogP contribution < -0.4 is 0 Å². The average Bonchev–Trinajstić information content (AvgIpc) is 2.59. The SMILES string of the molecule is N#CC#Cc1c[nH]c2nccc(Cl)c12. The van der Waals surface area contributed by atoms with Crippen LogP contribution in [0.3, 0.4) is 0 Å². The lowest BCUT2D eigenvalue weighted by molar-refractivity contribution is 1.33. The number of nitrogens with one attached hydrogen (secondary N) is 1. The molecule has 0 aliphatic carbocycles. The van der Waals surface area contributed by atoms with Crippen molar-refractivity contribution in [2.24, 2.45) is 0 Å². The van der Waals surface area contributed by atoms with E-state index in [9.17, 15) is 0 Å². The number of hydrogen-bond donors (Lipinski definition) is 1. The summed E-state index contributed by atoms with van der Waals surface area (Å²) in [6.07, 6.45) is 3.30. The van der Waals surface area contributed by atoms with Crippen LogP contribution in [-0.2, 0) is 0 Å². The first-order chi connectivity index (χ1) is 6.83. The molecular formula is C10H4ClN3. The van der Waals surface area contributed by atoms with Gasteiger partial charge in [0.05, 0.1) is 16.0 Å². The fourth-order valence-electron chi connectivity index (χ4n) is 1.21. The van der Waals surface area contributed by atoms with Crippen LogP contribution >= 0.6 is 11.6 Å². The minimum atomic E-state index is 0.582. The molecule has 0 spiro atoms. The van der Waals surface area contributed by atoms with E-state index in [1.807, 2.05) is 0 Å². The topological polar surface area (TPSA) is 52.5 Å². The maximum atomic E-state index is 8.32. The molecular weight excluding hydrogens is 198 g/mol. The summed E-state index contributed by atoms with van der Waals surface area (Å²) in [5, 5.41) is 9.67. The normalized spacial score (nSPS) is 9.14. The van der Waals surface area contributed by atoms with Crippen molar-refractivity contribution in [2.45, 2.75) is 0 Å². The Morgan fingerprint density at radius 1 is 1.50 bits per heavy atom. The van der Waals surface area contributed by atoms with Gasteiger partial charge < -0.3 is 4.98 Å². The van der Waals surface area contributed by atoms with Crippen LogP contribution in [0.15, 0.2) is 18.5 Å². The van der Waals surface area contributed by atoms with E-state index in [0.29, 0.717) is 16.2 Å². The molecule has 0 saturated carbocycles. The highest BCUT2D eigenvalue weighted by Gasteiger charge is 2.05. The van der Waals surface area contributed by atoms with Crippen LogP contribution in [0, 0.1) is 23.2 Å². The molecule has 1 N–H and O–H groups in total. The average molecular weight is 202 g/mol. The van der Waals surface area contributed by atoms with Crippen molar-refractivity contribution in [1.82, 2.24) is 9.97 Å². The Morgan fingerprint density at radius 3 is 3.14 bits per heavy atom. The number of nitriles is 1. The summed E-state index contributed by atoms with van der Waals surface area (Å²) in [4.78, 5) is 7.01. The van der Waals surface area contributed by atoms with Crippen LogP contribution in [-0.4, -0.2) is 9.97 Å². The summed E-state index contributed by atoms with van der Waals surface area (Å²) in [7, 11) is 0. The van der Waals surface area contributed by atoms with Crippen LogP contribution in [0.1, 0.15) is 5.56 Å². The molecule has 0 saturated heterocycles. The summed E-state index contributed by atoms with van der Waals surface area (Å²) in [5.41, 5.74) is 1.37. The second kappa shape index (κ2) is 3.41. The molecule has 0 radical (unpaired) electrons. The van der Waals surface area contributed by atoms with Crippen molar-refractivity contribution in [3.63, 3.8) is 0 Å². The summed E-state index contributed by atoms with van der Waals surface area (Å²) in [6.45, 7) is 0. The predicted molar refractivity (Wildman–Crippen MR) is 53.6 cm³/mol. The Hall–Kier alpha value is -1.97. The Labute approximate surface area is 85.3 Å². The first-order valence-electron chi connectivity index (χ1n) is 3.84. The number of fused-ring (bicyclic) bond motifs is 1. The second-order valence-electron chi connectivity index (χ2n) is 2.58. The lowest BCUT2D eigenvalue weighted by Gasteiger charge is -1.92. The third kappa shape index (κ3) is 1.31. The Bertz CT molecular complexity index is 581. The maximum Gasteiger partial charge on any atom is 0.152 e. The number of halogens is 1. The molecule has 3 nitrogen and oxygen atoms in total. The first-order valence-corrected chi connectivity index (χ1v) is 4.22. The molecule has 2 aromatic heterocycles. The number of nitrogens with zero attached hydrogens (tertiary/aromatic N) is 2. The van der Waals surface area contributed by atoms with E-state index in [4.69, 9.17) is 16.9 Å². The quantitative estimate of drug-likeness (QED) is 0.664. The van der Waals surface area contributed by atoms with E-state index in [-0.39, 0.29) is 0 Å². The van der Waals surface area contributed by atoms with E-state index in [1.54, 1.807) is 24.5 Å². The molecule has 0 aliphatic rings. The van der Waals surface area contributed by atoms with Crippen LogP contribution in [0.2, 0.25) is 5.02 Å². The zero-order chi connectivity index (χ0) is 9.97. The monoisotopic (exact) mass is 201 g/mol.